The first-order chi connectivity index (χ1) is 12.9. The summed E-state index contributed by atoms with van der Waals surface area (Å²) in [5, 5.41) is 2.03. The van der Waals surface area contributed by atoms with Gasteiger partial charge in [-0.15, -0.1) is 0 Å². The molecule has 0 unspecified atom stereocenters. The van der Waals surface area contributed by atoms with E-state index >= 15 is 0 Å². The van der Waals surface area contributed by atoms with Crippen molar-refractivity contribution in [2.24, 2.45) is 0 Å². The predicted octanol–water partition coefficient (Wildman–Crippen LogP) is 3.72. The summed E-state index contributed by atoms with van der Waals surface area (Å²) in [7, 11) is 5.00. The Morgan fingerprint density at radius 2 is 1.78 bits per heavy atom. The van der Waals surface area contributed by atoms with Crippen LogP contribution in [0.2, 0.25) is 0 Å². The molecule has 1 aliphatic heterocycles. The molecule has 6 heteroatoms. The average molecular weight is 368 g/mol. The van der Waals surface area contributed by atoms with E-state index in [0.29, 0.717) is 11.3 Å². The Kier molecular flexibility index (Phi) is 5.08. The van der Waals surface area contributed by atoms with Gasteiger partial charge in [-0.1, -0.05) is 18.2 Å². The van der Waals surface area contributed by atoms with Crippen molar-refractivity contribution in [3.8, 4) is 5.75 Å². The molecule has 6 nitrogen and oxygen atoms in total. The lowest BCUT2D eigenvalue weighted by Crippen LogP contribution is -2.47. The molecule has 0 saturated carbocycles. The van der Waals surface area contributed by atoms with Gasteiger partial charge in [0.05, 0.1) is 25.3 Å². The standard InChI is InChI=1S/C21H24N2O4/c1-6-27-20(24)18-13(2)22(3)21(25)23(4)19(18)16-8-7-15-12-17(26-5)10-9-14(15)11-16/h7-12,19H,6H2,1-5H3/t19-/m0/s1. The van der Waals surface area contributed by atoms with Crippen molar-refractivity contribution >= 4 is 22.8 Å². The minimum absolute atomic E-state index is 0.166. The van der Waals surface area contributed by atoms with E-state index in [1.165, 1.54) is 4.90 Å². The van der Waals surface area contributed by atoms with Gasteiger partial charge in [-0.05, 0) is 48.4 Å². The third kappa shape index (κ3) is 3.23. The maximum atomic E-state index is 12.7. The summed E-state index contributed by atoms with van der Waals surface area (Å²) >= 11 is 0. The highest BCUT2D eigenvalue weighted by atomic mass is 16.5. The Morgan fingerprint density at radius 3 is 2.44 bits per heavy atom. The Bertz CT molecular complexity index is 935. The molecule has 2 amide bonds. The molecule has 1 heterocycles. The molecule has 0 saturated heterocycles. The van der Waals surface area contributed by atoms with Gasteiger partial charge in [-0.2, -0.15) is 0 Å². The number of esters is 1. The number of ether oxygens (including phenoxy) is 2. The monoisotopic (exact) mass is 368 g/mol. The summed E-state index contributed by atoms with van der Waals surface area (Å²) in [5.74, 6) is 0.380. The normalized spacial score (nSPS) is 17.5. The molecule has 142 valence electrons. The Labute approximate surface area is 159 Å². The first-order valence-electron chi connectivity index (χ1n) is 8.85. The van der Waals surface area contributed by atoms with Crippen LogP contribution in [-0.4, -0.2) is 49.6 Å². The topological polar surface area (TPSA) is 59.1 Å². The van der Waals surface area contributed by atoms with Gasteiger partial charge < -0.3 is 19.3 Å². The van der Waals surface area contributed by atoms with Crippen LogP contribution in [0, 0.1) is 0 Å². The SMILES string of the molecule is CCOC(=O)C1=C(C)N(C)C(=O)N(C)[C@H]1c1ccc2cc(OC)ccc2c1. The second kappa shape index (κ2) is 7.31. The lowest BCUT2D eigenvalue weighted by molar-refractivity contribution is -0.139. The summed E-state index contributed by atoms with van der Waals surface area (Å²) in [5.41, 5.74) is 1.95. The fourth-order valence-electron chi connectivity index (χ4n) is 3.46. The molecule has 1 atom stereocenters. The zero-order chi connectivity index (χ0) is 19.7. The van der Waals surface area contributed by atoms with E-state index in [2.05, 4.69) is 0 Å². The van der Waals surface area contributed by atoms with Gasteiger partial charge in [-0.25, -0.2) is 9.59 Å². The van der Waals surface area contributed by atoms with Crippen molar-refractivity contribution < 1.29 is 19.1 Å². The number of likely N-dealkylation sites (N-methyl/N-ethyl adjacent to an activating group) is 1. The van der Waals surface area contributed by atoms with Gasteiger partial charge in [0, 0.05) is 19.8 Å². The Morgan fingerprint density at radius 1 is 1.11 bits per heavy atom. The van der Waals surface area contributed by atoms with Crippen LogP contribution < -0.4 is 4.74 Å². The minimum atomic E-state index is -0.501. The quantitative estimate of drug-likeness (QED) is 0.772. The highest BCUT2D eigenvalue weighted by molar-refractivity contribution is 5.95. The highest BCUT2D eigenvalue weighted by Gasteiger charge is 2.39. The fraction of sp³-hybridized carbons (Fsp3) is 0.333. The first kappa shape index (κ1) is 18.8. The second-order valence-electron chi connectivity index (χ2n) is 6.55. The van der Waals surface area contributed by atoms with Gasteiger partial charge in [-0.3, -0.25) is 0 Å². The maximum absolute atomic E-state index is 12.7. The summed E-state index contributed by atoms with van der Waals surface area (Å²) in [4.78, 5) is 28.4. The van der Waals surface area contributed by atoms with Crippen LogP contribution in [0.1, 0.15) is 25.5 Å². The largest absolute Gasteiger partial charge is 0.497 e. The second-order valence-corrected chi connectivity index (χ2v) is 6.55. The van der Waals surface area contributed by atoms with Crippen LogP contribution in [0.3, 0.4) is 0 Å². The van der Waals surface area contributed by atoms with Gasteiger partial charge in [0.15, 0.2) is 0 Å². The number of amides is 2. The van der Waals surface area contributed by atoms with E-state index in [0.717, 1.165) is 22.1 Å². The van der Waals surface area contributed by atoms with Crippen LogP contribution in [-0.2, 0) is 9.53 Å². The molecule has 2 aromatic carbocycles. The van der Waals surface area contributed by atoms with Gasteiger partial charge in [0.1, 0.15) is 5.75 Å². The maximum Gasteiger partial charge on any atom is 0.338 e. The summed E-state index contributed by atoms with van der Waals surface area (Å²) in [6.45, 7) is 3.82. The van der Waals surface area contributed by atoms with E-state index in [1.54, 1.807) is 40.0 Å². The molecule has 0 N–H and O–H groups in total. The highest BCUT2D eigenvalue weighted by Crippen LogP contribution is 2.37. The molecule has 27 heavy (non-hydrogen) atoms. The van der Waals surface area contributed by atoms with Gasteiger partial charge in [0.25, 0.3) is 0 Å². The number of hydrogen-bond acceptors (Lipinski definition) is 4. The molecule has 0 spiro atoms. The molecule has 0 aliphatic carbocycles. The Hall–Kier alpha value is -3.02. The molecule has 1 aliphatic rings. The molecular weight excluding hydrogens is 344 g/mol. The van der Waals surface area contributed by atoms with Crippen LogP contribution in [0.5, 0.6) is 5.75 Å². The number of carbonyl (C=O) groups excluding carboxylic acids is 2. The van der Waals surface area contributed by atoms with E-state index in [9.17, 15) is 9.59 Å². The number of allylic oxidation sites excluding steroid dienone is 1. The van der Waals surface area contributed by atoms with Crippen molar-refractivity contribution in [2.45, 2.75) is 19.9 Å². The van der Waals surface area contributed by atoms with Crippen LogP contribution in [0.4, 0.5) is 4.79 Å². The number of benzene rings is 2. The number of rotatable bonds is 4. The fourth-order valence-corrected chi connectivity index (χ4v) is 3.46. The van der Waals surface area contributed by atoms with E-state index in [4.69, 9.17) is 9.47 Å². The Balaban J connectivity index is 2.14. The molecule has 0 radical (unpaired) electrons. The van der Waals surface area contributed by atoms with E-state index in [1.807, 2.05) is 36.4 Å². The molecule has 0 bridgehead atoms. The number of hydrogen-bond donors (Lipinski definition) is 0. The van der Waals surface area contributed by atoms with Gasteiger partial charge >= 0.3 is 12.0 Å². The van der Waals surface area contributed by atoms with Crippen LogP contribution in [0.15, 0.2) is 47.7 Å². The third-order valence-corrected chi connectivity index (χ3v) is 5.02. The van der Waals surface area contributed by atoms with Crippen molar-refractivity contribution in [1.29, 1.82) is 0 Å². The lowest BCUT2D eigenvalue weighted by Gasteiger charge is -2.39. The molecule has 3 rings (SSSR count). The van der Waals surface area contributed by atoms with Crippen LogP contribution in [0.25, 0.3) is 10.8 Å². The van der Waals surface area contributed by atoms with E-state index < -0.39 is 12.0 Å². The molecular formula is C21H24N2O4. The molecule has 0 aromatic heterocycles. The van der Waals surface area contributed by atoms with Crippen molar-refractivity contribution in [1.82, 2.24) is 9.80 Å². The van der Waals surface area contributed by atoms with E-state index in [-0.39, 0.29) is 12.6 Å². The zero-order valence-electron chi connectivity index (χ0n) is 16.3. The molecule has 0 fully saturated rings. The third-order valence-electron chi connectivity index (χ3n) is 5.02. The summed E-state index contributed by atoms with van der Waals surface area (Å²) in [6.07, 6.45) is 0. The summed E-state index contributed by atoms with van der Waals surface area (Å²) in [6, 6.07) is 11.1. The van der Waals surface area contributed by atoms with Crippen LogP contribution >= 0.6 is 0 Å². The molecule has 2 aromatic rings. The number of nitrogens with zero attached hydrogens (tertiary/aromatic N) is 2. The lowest BCUT2D eigenvalue weighted by atomic mass is 9.92. The van der Waals surface area contributed by atoms with Crippen molar-refractivity contribution in [3.05, 3.63) is 53.2 Å². The van der Waals surface area contributed by atoms with Crippen molar-refractivity contribution in [3.63, 3.8) is 0 Å². The zero-order valence-corrected chi connectivity index (χ0v) is 16.3. The van der Waals surface area contributed by atoms with Crippen molar-refractivity contribution in [2.75, 3.05) is 27.8 Å². The number of urea groups is 1. The number of carbonyl (C=O) groups is 2. The number of methoxy groups -OCH3 is 1. The number of fused-ring (bicyclic) bond motifs is 1. The van der Waals surface area contributed by atoms with Gasteiger partial charge in [0.2, 0.25) is 0 Å². The first-order valence-corrected chi connectivity index (χ1v) is 8.85. The average Bonchev–Trinajstić information content (AvgIpc) is 2.68. The summed E-state index contributed by atoms with van der Waals surface area (Å²) < 4.78 is 10.5. The predicted molar refractivity (Wildman–Crippen MR) is 103 cm³/mol. The smallest absolute Gasteiger partial charge is 0.338 e. The minimum Gasteiger partial charge on any atom is -0.497 e.